The number of aromatic hydroxyl groups is 1. The zero-order valence-electron chi connectivity index (χ0n) is 12.6. The minimum atomic E-state index is -0.0860. The van der Waals surface area contributed by atoms with Crippen LogP contribution in [0.15, 0.2) is 42.6 Å². The van der Waals surface area contributed by atoms with Gasteiger partial charge in [0.15, 0.2) is 0 Å². The lowest BCUT2D eigenvalue weighted by Crippen LogP contribution is -2.32. The first-order chi connectivity index (χ1) is 11.1. The molecule has 0 aliphatic carbocycles. The lowest BCUT2D eigenvalue weighted by Gasteiger charge is -2.19. The van der Waals surface area contributed by atoms with Gasteiger partial charge in [0.05, 0.1) is 23.2 Å². The van der Waals surface area contributed by atoms with E-state index in [-0.39, 0.29) is 24.1 Å². The number of para-hydroxylation sites is 1. The molecule has 2 N–H and O–H groups in total. The quantitative estimate of drug-likeness (QED) is 0.903. The van der Waals surface area contributed by atoms with Crippen LogP contribution in [0.5, 0.6) is 5.75 Å². The van der Waals surface area contributed by atoms with Crippen molar-refractivity contribution >= 4 is 23.2 Å². The molecule has 1 fully saturated rings. The molecule has 5 nitrogen and oxygen atoms in total. The Bertz CT molecular complexity index is 708. The van der Waals surface area contributed by atoms with Gasteiger partial charge in [0.1, 0.15) is 11.4 Å². The summed E-state index contributed by atoms with van der Waals surface area (Å²) >= 11 is 6.21. The molecule has 2 aromatic rings. The van der Waals surface area contributed by atoms with Crippen molar-refractivity contribution in [2.24, 2.45) is 5.92 Å². The second-order valence-corrected chi connectivity index (χ2v) is 5.98. The molecular formula is C17H18ClN3O2. The van der Waals surface area contributed by atoms with Crippen LogP contribution in [-0.2, 0) is 11.3 Å². The Kier molecular flexibility index (Phi) is 4.67. The molecule has 1 saturated heterocycles. The molecule has 1 atom stereocenters. The Labute approximate surface area is 139 Å². The Hall–Kier alpha value is -2.27. The van der Waals surface area contributed by atoms with Gasteiger partial charge in [-0.25, -0.2) is 0 Å². The number of aromatic nitrogens is 1. The Morgan fingerprint density at radius 1 is 1.35 bits per heavy atom. The Morgan fingerprint density at radius 3 is 2.96 bits per heavy atom. The van der Waals surface area contributed by atoms with E-state index in [1.807, 2.05) is 24.3 Å². The highest BCUT2D eigenvalue weighted by molar-refractivity contribution is 6.33. The fraction of sp³-hybridized carbons (Fsp3) is 0.294. The van der Waals surface area contributed by atoms with Crippen molar-refractivity contribution in [3.63, 3.8) is 0 Å². The molecule has 0 saturated carbocycles. The zero-order valence-corrected chi connectivity index (χ0v) is 13.3. The third kappa shape index (κ3) is 3.56. The molecule has 2 heterocycles. The highest BCUT2D eigenvalue weighted by Gasteiger charge is 2.29. The van der Waals surface area contributed by atoms with Gasteiger partial charge in [0, 0.05) is 19.3 Å². The lowest BCUT2D eigenvalue weighted by molar-refractivity contribution is -0.124. The number of nitrogens with zero attached hydrogens (tertiary/aromatic N) is 2. The van der Waals surface area contributed by atoms with Crippen LogP contribution >= 0.6 is 11.6 Å². The maximum atomic E-state index is 12.3. The highest BCUT2D eigenvalue weighted by Crippen LogP contribution is 2.30. The van der Waals surface area contributed by atoms with Crippen LogP contribution in [0.4, 0.5) is 5.69 Å². The number of hydrogen-bond donors (Lipinski definition) is 2. The number of amides is 1. The first-order valence-electron chi connectivity index (χ1n) is 7.55. The summed E-state index contributed by atoms with van der Waals surface area (Å²) in [6.07, 6.45) is 2.38. The van der Waals surface area contributed by atoms with Crippen LogP contribution in [0.25, 0.3) is 0 Å². The summed E-state index contributed by atoms with van der Waals surface area (Å²) < 4.78 is 0. The fourth-order valence-corrected chi connectivity index (χ4v) is 3.04. The van der Waals surface area contributed by atoms with Crippen LogP contribution in [0, 0.1) is 5.92 Å². The summed E-state index contributed by atoms with van der Waals surface area (Å²) in [4.78, 5) is 18.5. The molecule has 6 heteroatoms. The van der Waals surface area contributed by atoms with Crippen molar-refractivity contribution in [2.75, 3.05) is 18.0 Å². The summed E-state index contributed by atoms with van der Waals surface area (Å²) in [6.45, 7) is 1.68. The third-order valence-electron chi connectivity index (χ3n) is 4.05. The van der Waals surface area contributed by atoms with Crippen LogP contribution < -0.4 is 10.2 Å². The molecule has 1 aromatic carbocycles. The van der Waals surface area contributed by atoms with Crippen LogP contribution in [0.3, 0.4) is 0 Å². The van der Waals surface area contributed by atoms with E-state index < -0.39 is 0 Å². The molecule has 1 aromatic heterocycles. The van der Waals surface area contributed by atoms with E-state index in [4.69, 9.17) is 11.6 Å². The Morgan fingerprint density at radius 2 is 2.17 bits per heavy atom. The summed E-state index contributed by atoms with van der Waals surface area (Å²) in [5, 5.41) is 13.2. The summed E-state index contributed by atoms with van der Waals surface area (Å²) in [6, 6.07) is 10.9. The number of anilines is 1. The van der Waals surface area contributed by atoms with Gasteiger partial charge >= 0.3 is 0 Å². The van der Waals surface area contributed by atoms with Gasteiger partial charge < -0.3 is 15.3 Å². The second-order valence-electron chi connectivity index (χ2n) is 5.57. The molecule has 23 heavy (non-hydrogen) atoms. The minimum absolute atomic E-state index is 0.0235. The second kappa shape index (κ2) is 6.87. The van der Waals surface area contributed by atoms with Gasteiger partial charge in [-0.05, 0) is 30.7 Å². The van der Waals surface area contributed by atoms with E-state index >= 15 is 0 Å². The van der Waals surface area contributed by atoms with Crippen molar-refractivity contribution in [3.05, 3.63) is 53.3 Å². The molecular weight excluding hydrogens is 314 g/mol. The van der Waals surface area contributed by atoms with Crippen molar-refractivity contribution in [3.8, 4) is 5.75 Å². The Balaban J connectivity index is 1.58. The molecule has 3 rings (SSSR count). The first kappa shape index (κ1) is 15.6. The van der Waals surface area contributed by atoms with Crippen molar-refractivity contribution in [2.45, 2.75) is 13.0 Å². The minimum Gasteiger partial charge on any atom is -0.506 e. The smallest absolute Gasteiger partial charge is 0.225 e. The van der Waals surface area contributed by atoms with Crippen LogP contribution in [0.1, 0.15) is 12.1 Å². The van der Waals surface area contributed by atoms with E-state index in [9.17, 15) is 9.90 Å². The van der Waals surface area contributed by atoms with E-state index in [0.717, 1.165) is 18.7 Å². The molecule has 0 radical (unpaired) electrons. The number of pyridine rings is 1. The summed E-state index contributed by atoms with van der Waals surface area (Å²) in [5.41, 5.74) is 1.44. The molecule has 0 bridgehead atoms. The predicted molar refractivity (Wildman–Crippen MR) is 89.5 cm³/mol. The molecule has 0 unspecified atom stereocenters. The predicted octanol–water partition coefficient (Wildman–Crippen LogP) is 2.58. The first-order valence-corrected chi connectivity index (χ1v) is 7.93. The van der Waals surface area contributed by atoms with Crippen molar-refractivity contribution in [1.82, 2.24) is 10.3 Å². The number of halogens is 1. The van der Waals surface area contributed by atoms with Crippen molar-refractivity contribution in [1.29, 1.82) is 0 Å². The lowest BCUT2D eigenvalue weighted by atomic mass is 10.1. The average Bonchev–Trinajstić information content (AvgIpc) is 3.04. The largest absolute Gasteiger partial charge is 0.506 e. The summed E-state index contributed by atoms with van der Waals surface area (Å²) in [5.74, 6) is -0.0151. The maximum absolute atomic E-state index is 12.3. The molecule has 1 amide bonds. The highest BCUT2D eigenvalue weighted by atomic mass is 35.5. The van der Waals surface area contributed by atoms with E-state index in [1.165, 1.54) is 0 Å². The van der Waals surface area contributed by atoms with Gasteiger partial charge in [0.2, 0.25) is 5.91 Å². The number of benzene rings is 1. The number of carbonyl (C=O) groups is 1. The van der Waals surface area contributed by atoms with Gasteiger partial charge in [-0.1, -0.05) is 23.7 Å². The molecule has 1 aliphatic heterocycles. The van der Waals surface area contributed by atoms with Gasteiger partial charge in [-0.3, -0.25) is 9.78 Å². The normalized spacial score (nSPS) is 17.3. The van der Waals surface area contributed by atoms with Crippen molar-refractivity contribution < 1.29 is 9.90 Å². The average molecular weight is 332 g/mol. The zero-order chi connectivity index (χ0) is 16.2. The van der Waals surface area contributed by atoms with Crippen LogP contribution in [-0.4, -0.2) is 29.1 Å². The molecule has 120 valence electrons. The van der Waals surface area contributed by atoms with E-state index in [0.29, 0.717) is 17.3 Å². The number of nitrogens with one attached hydrogen (secondary N) is 1. The number of carbonyl (C=O) groups excluding carboxylic acids is 1. The van der Waals surface area contributed by atoms with Gasteiger partial charge in [-0.2, -0.15) is 0 Å². The monoisotopic (exact) mass is 331 g/mol. The molecule has 1 aliphatic rings. The van der Waals surface area contributed by atoms with Gasteiger partial charge in [-0.15, -0.1) is 0 Å². The van der Waals surface area contributed by atoms with Gasteiger partial charge in [0.25, 0.3) is 0 Å². The number of hydrogen-bond acceptors (Lipinski definition) is 4. The van der Waals surface area contributed by atoms with E-state index in [1.54, 1.807) is 18.3 Å². The van der Waals surface area contributed by atoms with Crippen LogP contribution in [0.2, 0.25) is 5.02 Å². The third-order valence-corrected chi connectivity index (χ3v) is 4.37. The standard InChI is InChI=1S/C17H18ClN3O2/c18-13-4-1-2-5-15(13)21-9-7-12(11-21)17(23)20-10-14-16(22)6-3-8-19-14/h1-6,8,12,22H,7,9-11H2,(H,20,23)/t12-/m0/s1. The van der Waals surface area contributed by atoms with E-state index in [2.05, 4.69) is 15.2 Å². The topological polar surface area (TPSA) is 65.5 Å². The summed E-state index contributed by atoms with van der Waals surface area (Å²) in [7, 11) is 0. The SMILES string of the molecule is O=C(NCc1ncccc1O)[C@H]1CCN(c2ccccc2Cl)C1. The maximum Gasteiger partial charge on any atom is 0.225 e. The molecule has 0 spiro atoms. The number of rotatable bonds is 4. The fourth-order valence-electron chi connectivity index (χ4n) is 2.78.